The molecule has 0 aromatic heterocycles. The Bertz CT molecular complexity index is 381. The molecule has 1 atom stereocenters. The van der Waals surface area contributed by atoms with Gasteiger partial charge >= 0.3 is 5.97 Å². The molecule has 5 heteroatoms. The molecular formula is C11H14BrNO3. The van der Waals surface area contributed by atoms with Crippen molar-refractivity contribution in [2.75, 3.05) is 14.2 Å². The van der Waals surface area contributed by atoms with Crippen molar-refractivity contribution < 1.29 is 14.3 Å². The third-order valence-corrected chi connectivity index (χ3v) is 2.80. The number of halogens is 1. The molecule has 4 nitrogen and oxygen atoms in total. The second-order valence-corrected chi connectivity index (χ2v) is 4.16. The first kappa shape index (κ1) is 13.0. The van der Waals surface area contributed by atoms with E-state index in [0.29, 0.717) is 6.42 Å². The summed E-state index contributed by atoms with van der Waals surface area (Å²) in [6.07, 6.45) is 0.440. The van der Waals surface area contributed by atoms with Crippen molar-refractivity contribution in [2.24, 2.45) is 5.73 Å². The Labute approximate surface area is 103 Å². The van der Waals surface area contributed by atoms with Crippen molar-refractivity contribution >= 4 is 21.9 Å². The van der Waals surface area contributed by atoms with Crippen LogP contribution in [-0.2, 0) is 16.0 Å². The summed E-state index contributed by atoms with van der Waals surface area (Å²) in [5, 5.41) is 0. The van der Waals surface area contributed by atoms with E-state index in [1.54, 1.807) is 7.11 Å². The Balaban J connectivity index is 2.75. The molecule has 0 aliphatic rings. The van der Waals surface area contributed by atoms with Crippen LogP contribution < -0.4 is 10.5 Å². The topological polar surface area (TPSA) is 61.5 Å². The van der Waals surface area contributed by atoms with E-state index in [9.17, 15) is 4.79 Å². The molecule has 88 valence electrons. The van der Waals surface area contributed by atoms with Gasteiger partial charge in [0.05, 0.1) is 18.7 Å². The van der Waals surface area contributed by atoms with E-state index in [2.05, 4.69) is 20.7 Å². The molecule has 1 aromatic rings. The number of hydrogen-bond donors (Lipinski definition) is 1. The molecule has 1 unspecified atom stereocenters. The maximum atomic E-state index is 11.1. The summed E-state index contributed by atoms with van der Waals surface area (Å²) >= 11 is 3.37. The van der Waals surface area contributed by atoms with E-state index in [4.69, 9.17) is 10.5 Å². The lowest BCUT2D eigenvalue weighted by molar-refractivity contribution is -0.142. The summed E-state index contributed by atoms with van der Waals surface area (Å²) < 4.78 is 10.5. The van der Waals surface area contributed by atoms with E-state index < -0.39 is 12.0 Å². The first-order valence-corrected chi connectivity index (χ1v) is 5.53. The van der Waals surface area contributed by atoms with Crippen LogP contribution in [0.4, 0.5) is 0 Å². The molecule has 0 aliphatic carbocycles. The first-order valence-electron chi connectivity index (χ1n) is 4.74. The zero-order valence-electron chi connectivity index (χ0n) is 9.20. The Morgan fingerprint density at radius 2 is 2.19 bits per heavy atom. The molecule has 2 N–H and O–H groups in total. The number of esters is 1. The van der Waals surface area contributed by atoms with Crippen LogP contribution >= 0.6 is 15.9 Å². The standard InChI is InChI=1S/C11H14BrNO3/c1-15-10-4-3-7(5-8(10)12)6-9(13)11(14)16-2/h3-5,9H,6,13H2,1-2H3. The van der Waals surface area contributed by atoms with Crippen molar-refractivity contribution in [1.82, 2.24) is 0 Å². The van der Waals surface area contributed by atoms with Crippen molar-refractivity contribution in [3.05, 3.63) is 28.2 Å². The summed E-state index contributed by atoms with van der Waals surface area (Å²) in [5.41, 5.74) is 6.61. The number of ether oxygens (including phenoxy) is 2. The predicted octanol–water partition coefficient (Wildman–Crippen LogP) is 1.50. The maximum absolute atomic E-state index is 11.1. The summed E-state index contributed by atoms with van der Waals surface area (Å²) in [4.78, 5) is 11.1. The van der Waals surface area contributed by atoms with E-state index in [-0.39, 0.29) is 0 Å². The highest BCUT2D eigenvalue weighted by Crippen LogP contribution is 2.25. The van der Waals surface area contributed by atoms with Gasteiger partial charge in [0.1, 0.15) is 11.8 Å². The van der Waals surface area contributed by atoms with Crippen molar-refractivity contribution in [3.63, 3.8) is 0 Å². The van der Waals surface area contributed by atoms with Crippen LogP contribution in [0.2, 0.25) is 0 Å². The van der Waals surface area contributed by atoms with Crippen LogP contribution in [0.3, 0.4) is 0 Å². The number of carbonyl (C=O) groups excluding carboxylic acids is 1. The predicted molar refractivity (Wildman–Crippen MR) is 64.4 cm³/mol. The number of methoxy groups -OCH3 is 2. The van der Waals surface area contributed by atoms with Crippen LogP contribution in [-0.4, -0.2) is 26.2 Å². The largest absolute Gasteiger partial charge is 0.496 e. The molecule has 0 amide bonds. The van der Waals surface area contributed by atoms with Crippen LogP contribution in [0.15, 0.2) is 22.7 Å². The number of nitrogens with two attached hydrogens (primary N) is 1. The fourth-order valence-corrected chi connectivity index (χ4v) is 1.91. The third kappa shape index (κ3) is 3.21. The highest BCUT2D eigenvalue weighted by atomic mass is 79.9. The molecule has 0 bridgehead atoms. The third-order valence-electron chi connectivity index (χ3n) is 2.18. The Hall–Kier alpha value is -1.07. The average Bonchev–Trinajstić information content (AvgIpc) is 2.28. The first-order chi connectivity index (χ1) is 7.58. The number of rotatable bonds is 4. The summed E-state index contributed by atoms with van der Waals surface area (Å²) in [6.45, 7) is 0. The van der Waals surface area contributed by atoms with Gasteiger partial charge in [-0.1, -0.05) is 6.07 Å². The molecule has 0 saturated heterocycles. The van der Waals surface area contributed by atoms with Gasteiger partial charge in [-0.05, 0) is 40.0 Å². The average molecular weight is 288 g/mol. The normalized spacial score (nSPS) is 12.0. The minimum absolute atomic E-state index is 0.410. The molecule has 1 aromatic carbocycles. The van der Waals surface area contributed by atoms with Gasteiger partial charge in [0, 0.05) is 0 Å². The summed E-state index contributed by atoms with van der Waals surface area (Å²) in [6, 6.07) is 4.93. The van der Waals surface area contributed by atoms with Crippen LogP contribution in [0.1, 0.15) is 5.56 Å². The number of hydrogen-bond acceptors (Lipinski definition) is 4. The smallest absolute Gasteiger partial charge is 0.322 e. The molecule has 0 spiro atoms. The monoisotopic (exact) mass is 287 g/mol. The van der Waals surface area contributed by atoms with E-state index >= 15 is 0 Å². The number of carbonyl (C=O) groups is 1. The highest BCUT2D eigenvalue weighted by molar-refractivity contribution is 9.10. The van der Waals surface area contributed by atoms with Crippen LogP contribution in [0.5, 0.6) is 5.75 Å². The lowest BCUT2D eigenvalue weighted by Crippen LogP contribution is -2.33. The molecule has 0 radical (unpaired) electrons. The number of benzene rings is 1. The fraction of sp³-hybridized carbons (Fsp3) is 0.364. The van der Waals surface area contributed by atoms with Gasteiger partial charge in [0.15, 0.2) is 0 Å². The molecule has 0 saturated carbocycles. The molecule has 16 heavy (non-hydrogen) atoms. The van der Waals surface area contributed by atoms with Gasteiger partial charge in [-0.25, -0.2) is 0 Å². The van der Waals surface area contributed by atoms with Gasteiger partial charge in [-0.3, -0.25) is 4.79 Å². The van der Waals surface area contributed by atoms with Gasteiger partial charge < -0.3 is 15.2 Å². The molecular weight excluding hydrogens is 274 g/mol. The highest BCUT2D eigenvalue weighted by Gasteiger charge is 2.14. The molecule has 0 heterocycles. The minimum atomic E-state index is -0.634. The van der Waals surface area contributed by atoms with Gasteiger partial charge in [0.2, 0.25) is 0 Å². The lowest BCUT2D eigenvalue weighted by atomic mass is 10.1. The minimum Gasteiger partial charge on any atom is -0.496 e. The zero-order chi connectivity index (χ0) is 12.1. The van der Waals surface area contributed by atoms with Gasteiger partial charge in [-0.2, -0.15) is 0 Å². The summed E-state index contributed by atoms with van der Waals surface area (Å²) in [7, 11) is 2.92. The quantitative estimate of drug-likeness (QED) is 0.853. The SMILES string of the molecule is COC(=O)C(N)Cc1ccc(OC)c(Br)c1. The van der Waals surface area contributed by atoms with Crippen molar-refractivity contribution in [3.8, 4) is 5.75 Å². The molecule has 1 rings (SSSR count). The Morgan fingerprint density at radius 3 is 2.69 bits per heavy atom. The van der Waals surface area contributed by atoms with Crippen LogP contribution in [0.25, 0.3) is 0 Å². The Kier molecular flexibility index (Phi) is 4.76. The van der Waals surface area contributed by atoms with Crippen molar-refractivity contribution in [2.45, 2.75) is 12.5 Å². The van der Waals surface area contributed by atoms with Crippen molar-refractivity contribution in [1.29, 1.82) is 0 Å². The zero-order valence-corrected chi connectivity index (χ0v) is 10.8. The molecule has 0 fully saturated rings. The summed E-state index contributed by atoms with van der Waals surface area (Å²) in [5.74, 6) is 0.335. The van der Waals surface area contributed by atoms with E-state index in [1.165, 1.54) is 7.11 Å². The Morgan fingerprint density at radius 1 is 1.50 bits per heavy atom. The van der Waals surface area contributed by atoms with E-state index in [0.717, 1.165) is 15.8 Å². The molecule has 0 aliphatic heterocycles. The van der Waals surface area contributed by atoms with Crippen LogP contribution in [0, 0.1) is 0 Å². The lowest BCUT2D eigenvalue weighted by Gasteiger charge is -2.10. The second-order valence-electron chi connectivity index (χ2n) is 3.30. The van der Waals surface area contributed by atoms with E-state index in [1.807, 2.05) is 18.2 Å². The second kappa shape index (κ2) is 5.86. The van der Waals surface area contributed by atoms with Gasteiger partial charge in [0.25, 0.3) is 0 Å². The maximum Gasteiger partial charge on any atom is 0.322 e. The fourth-order valence-electron chi connectivity index (χ4n) is 1.33. The van der Waals surface area contributed by atoms with Gasteiger partial charge in [-0.15, -0.1) is 0 Å².